The van der Waals surface area contributed by atoms with Crippen molar-refractivity contribution in [2.45, 2.75) is 20.4 Å². The third-order valence-corrected chi connectivity index (χ3v) is 5.98. The molecule has 0 aliphatic carbocycles. The van der Waals surface area contributed by atoms with E-state index < -0.39 is 0 Å². The molecule has 0 aliphatic rings. The van der Waals surface area contributed by atoms with Crippen LogP contribution in [0.15, 0.2) is 98.0 Å². The van der Waals surface area contributed by atoms with E-state index in [1.807, 2.05) is 109 Å². The van der Waals surface area contributed by atoms with Gasteiger partial charge in [0.2, 0.25) is 0 Å². The van der Waals surface area contributed by atoms with Crippen molar-refractivity contribution in [2.24, 2.45) is 5.73 Å². The molecule has 0 bridgehead atoms. The zero-order valence-corrected chi connectivity index (χ0v) is 20.8. The molecule has 3 aromatic heterocycles. The summed E-state index contributed by atoms with van der Waals surface area (Å²) in [4.78, 5) is 17.7. The molecule has 0 spiro atoms. The van der Waals surface area contributed by atoms with Crippen LogP contribution in [0.4, 0.5) is 5.69 Å². The van der Waals surface area contributed by atoms with Gasteiger partial charge in [0.1, 0.15) is 0 Å². The number of fused-ring (bicyclic) bond motifs is 1. The number of imidazole rings is 2. The number of nitrogens with zero attached hydrogens (tertiary/aromatic N) is 6. The van der Waals surface area contributed by atoms with Gasteiger partial charge in [-0.15, -0.1) is 0 Å². The number of anilines is 1. The van der Waals surface area contributed by atoms with Crippen molar-refractivity contribution in [1.82, 2.24) is 29.1 Å². The molecule has 0 amide bonds. The van der Waals surface area contributed by atoms with Crippen LogP contribution < -0.4 is 11.5 Å². The quantitative estimate of drug-likeness (QED) is 0.337. The van der Waals surface area contributed by atoms with E-state index in [4.69, 9.17) is 16.5 Å². The first-order valence-corrected chi connectivity index (χ1v) is 11.9. The zero-order valence-electron chi connectivity index (χ0n) is 20.8. The van der Waals surface area contributed by atoms with Gasteiger partial charge in [-0.2, -0.15) is 0 Å². The van der Waals surface area contributed by atoms with Crippen LogP contribution in [-0.4, -0.2) is 29.1 Å². The second-order valence-corrected chi connectivity index (χ2v) is 8.70. The molecule has 0 radical (unpaired) electrons. The van der Waals surface area contributed by atoms with Crippen LogP contribution in [0.2, 0.25) is 0 Å². The van der Waals surface area contributed by atoms with Crippen LogP contribution in [0.3, 0.4) is 0 Å². The molecule has 0 atom stereocenters. The molecule has 0 saturated heterocycles. The van der Waals surface area contributed by atoms with Crippen LogP contribution in [0.5, 0.6) is 0 Å². The van der Waals surface area contributed by atoms with E-state index in [9.17, 15) is 0 Å². The van der Waals surface area contributed by atoms with Gasteiger partial charge in [0.25, 0.3) is 0 Å². The summed E-state index contributed by atoms with van der Waals surface area (Å²) >= 11 is 0. The van der Waals surface area contributed by atoms with E-state index in [-0.39, 0.29) is 0 Å². The van der Waals surface area contributed by atoms with E-state index in [0.717, 1.165) is 56.3 Å². The lowest BCUT2D eigenvalue weighted by Crippen LogP contribution is -2.03. The van der Waals surface area contributed by atoms with Crippen LogP contribution >= 0.6 is 0 Å². The maximum atomic E-state index is 5.78. The topological polar surface area (TPSA) is 113 Å². The minimum atomic E-state index is 0.452. The van der Waals surface area contributed by atoms with Crippen LogP contribution in [0.1, 0.15) is 17.0 Å². The summed E-state index contributed by atoms with van der Waals surface area (Å²) in [5, 5.41) is 1.04. The molecule has 6 aromatic rings. The number of hydrogen-bond acceptors (Lipinski definition) is 6. The minimum Gasteiger partial charge on any atom is -0.398 e. The van der Waals surface area contributed by atoms with Gasteiger partial charge < -0.3 is 20.6 Å². The largest absolute Gasteiger partial charge is 0.398 e. The van der Waals surface area contributed by atoms with Gasteiger partial charge in [0.15, 0.2) is 5.82 Å². The van der Waals surface area contributed by atoms with E-state index in [1.54, 1.807) is 6.33 Å². The van der Waals surface area contributed by atoms with Crippen molar-refractivity contribution in [1.29, 1.82) is 0 Å². The second-order valence-electron chi connectivity index (χ2n) is 8.70. The average molecular weight is 489 g/mol. The number of aryl methyl sites for hydroxylation is 2. The molecule has 0 aliphatic heterocycles. The van der Waals surface area contributed by atoms with Gasteiger partial charge in [0, 0.05) is 47.5 Å². The summed E-state index contributed by atoms with van der Waals surface area (Å²) in [6, 6.07) is 21.9. The first-order chi connectivity index (χ1) is 18.0. The average Bonchev–Trinajstić information content (AvgIpc) is 3.57. The van der Waals surface area contributed by atoms with Crippen LogP contribution in [0, 0.1) is 13.8 Å². The van der Waals surface area contributed by atoms with Crippen molar-refractivity contribution >= 4 is 16.6 Å². The summed E-state index contributed by atoms with van der Waals surface area (Å²) in [7, 11) is 0. The third kappa shape index (κ3) is 5.24. The maximum absolute atomic E-state index is 5.78. The highest BCUT2D eigenvalue weighted by Crippen LogP contribution is 2.25. The van der Waals surface area contributed by atoms with Crippen LogP contribution in [-0.2, 0) is 6.54 Å². The zero-order chi connectivity index (χ0) is 25.8. The molecule has 3 aromatic carbocycles. The Balaban J connectivity index is 0.000000164. The van der Waals surface area contributed by atoms with Gasteiger partial charge in [-0.3, -0.25) is 0 Å². The normalized spacial score (nSPS) is 10.8. The molecule has 3 heterocycles. The van der Waals surface area contributed by atoms with Gasteiger partial charge in [-0.05, 0) is 55.8 Å². The third-order valence-electron chi connectivity index (χ3n) is 5.98. The molecule has 8 nitrogen and oxygen atoms in total. The molecule has 0 unspecified atom stereocenters. The molecule has 6 rings (SSSR count). The first-order valence-electron chi connectivity index (χ1n) is 11.9. The molecular weight excluding hydrogens is 460 g/mol. The Morgan fingerprint density at radius 2 is 1.49 bits per heavy atom. The predicted molar refractivity (Wildman–Crippen MR) is 147 cm³/mol. The lowest BCUT2D eigenvalue weighted by Gasteiger charge is -2.09. The number of rotatable bonds is 4. The fraction of sp³-hybridized carbons (Fsp3) is 0.103. The highest BCUT2D eigenvalue weighted by molar-refractivity contribution is 5.80. The number of benzene rings is 3. The Bertz CT molecular complexity index is 1660. The van der Waals surface area contributed by atoms with E-state index in [2.05, 4.69) is 21.0 Å². The Labute approximate surface area is 215 Å². The summed E-state index contributed by atoms with van der Waals surface area (Å²) in [5.74, 6) is 0.723. The Morgan fingerprint density at radius 3 is 2.22 bits per heavy atom. The predicted octanol–water partition coefficient (Wildman–Crippen LogP) is 5.01. The Hall–Kier alpha value is -4.82. The Morgan fingerprint density at radius 1 is 0.784 bits per heavy atom. The Kier molecular flexibility index (Phi) is 6.74. The minimum absolute atomic E-state index is 0.452. The van der Waals surface area contributed by atoms with Crippen molar-refractivity contribution < 1.29 is 0 Å². The van der Waals surface area contributed by atoms with Crippen molar-refractivity contribution in [3.63, 3.8) is 0 Å². The summed E-state index contributed by atoms with van der Waals surface area (Å²) in [6.07, 6.45) is 9.43. The second kappa shape index (κ2) is 10.4. The van der Waals surface area contributed by atoms with E-state index in [0.29, 0.717) is 6.54 Å². The van der Waals surface area contributed by atoms with Crippen molar-refractivity contribution in [3.05, 3.63) is 115 Å². The number of nitrogens with two attached hydrogens (primary N) is 2. The van der Waals surface area contributed by atoms with Gasteiger partial charge in [0.05, 0.1) is 35.2 Å². The SMILES string of the molecule is Cc1cn(-c2ccc(N)c(CN)c2)cn1.Cc1cn(-c2ccccc2-c2ncc3ccccc3n2)cn1. The fourth-order valence-corrected chi connectivity index (χ4v) is 4.03. The number of hydrogen-bond donors (Lipinski definition) is 2. The molecule has 0 saturated carbocycles. The summed E-state index contributed by atoms with van der Waals surface area (Å²) in [5.41, 5.74) is 19.0. The number of aromatic nitrogens is 6. The van der Waals surface area contributed by atoms with Gasteiger partial charge in [-0.1, -0.05) is 30.3 Å². The molecule has 0 fully saturated rings. The lowest BCUT2D eigenvalue weighted by molar-refractivity contribution is 1.03. The van der Waals surface area contributed by atoms with E-state index in [1.165, 1.54) is 0 Å². The van der Waals surface area contributed by atoms with E-state index >= 15 is 0 Å². The highest BCUT2D eigenvalue weighted by atomic mass is 15.0. The highest BCUT2D eigenvalue weighted by Gasteiger charge is 2.10. The summed E-state index contributed by atoms with van der Waals surface area (Å²) in [6.45, 7) is 4.39. The van der Waals surface area contributed by atoms with Crippen molar-refractivity contribution in [2.75, 3.05) is 5.73 Å². The maximum Gasteiger partial charge on any atom is 0.161 e. The van der Waals surface area contributed by atoms with Crippen molar-refractivity contribution in [3.8, 4) is 22.8 Å². The smallest absolute Gasteiger partial charge is 0.161 e. The standard InChI is InChI=1S/C18H14N4.C11H14N4/c1-13-11-22(12-20-13)17-9-5-3-7-15(17)18-19-10-14-6-2-4-8-16(14)21-18;1-8-6-15(7-14-8)10-2-3-11(13)9(4-10)5-12/h2-12H,1H3;2-4,6-7H,5,12-13H2,1H3. The molecule has 37 heavy (non-hydrogen) atoms. The molecule has 4 N–H and O–H groups in total. The summed E-state index contributed by atoms with van der Waals surface area (Å²) < 4.78 is 3.96. The number of nitrogen functional groups attached to an aromatic ring is 1. The lowest BCUT2D eigenvalue weighted by atomic mass is 10.1. The van der Waals surface area contributed by atoms with Gasteiger partial charge >= 0.3 is 0 Å². The monoisotopic (exact) mass is 488 g/mol. The first kappa shape index (κ1) is 23.9. The van der Waals surface area contributed by atoms with Gasteiger partial charge in [-0.25, -0.2) is 19.9 Å². The molecule has 8 heteroatoms. The fourth-order valence-electron chi connectivity index (χ4n) is 4.03. The molecule has 184 valence electrons. The number of para-hydroxylation sites is 2. The molecular formula is C29H28N8. The van der Waals surface area contributed by atoms with Crippen LogP contribution in [0.25, 0.3) is 33.7 Å².